The Labute approximate surface area is 181 Å². The number of nitrogens with zero attached hydrogens (tertiary/aromatic N) is 2. The smallest absolute Gasteiger partial charge is 0.251 e. The van der Waals surface area contributed by atoms with Gasteiger partial charge < -0.3 is 15.1 Å². The Hall–Kier alpha value is -3.05. The average Bonchev–Trinajstić information content (AvgIpc) is 2.79. The predicted octanol–water partition coefficient (Wildman–Crippen LogP) is 3.96. The number of piperazine rings is 1. The second-order valence-corrected chi connectivity index (χ2v) is 7.79. The number of carbonyl (C=O) groups is 2. The van der Waals surface area contributed by atoms with Crippen molar-refractivity contribution in [3.8, 4) is 0 Å². The van der Waals surface area contributed by atoms with Gasteiger partial charge in [0.2, 0.25) is 5.91 Å². The summed E-state index contributed by atoms with van der Waals surface area (Å²) in [5.74, 6) is -0.0929. The summed E-state index contributed by atoms with van der Waals surface area (Å²) >= 11 is 6.27. The minimum absolute atomic E-state index is 0.0626. The highest BCUT2D eigenvalue weighted by atomic mass is 35.5. The summed E-state index contributed by atoms with van der Waals surface area (Å²) in [5.41, 5.74) is 1.61. The highest BCUT2D eigenvalue weighted by Gasteiger charge is 2.22. The molecule has 0 aromatic heterocycles. The lowest BCUT2D eigenvalue weighted by molar-refractivity contribution is -0.131. The van der Waals surface area contributed by atoms with Crippen molar-refractivity contribution in [3.63, 3.8) is 0 Å². The number of carbonyl (C=O) groups excluding carboxylic acids is 2. The summed E-state index contributed by atoms with van der Waals surface area (Å²) in [6.07, 6.45) is 0.297. The minimum atomic E-state index is -0.155. The maximum absolute atomic E-state index is 12.5. The van der Waals surface area contributed by atoms with Crippen LogP contribution >= 0.6 is 11.6 Å². The normalized spacial score (nSPS) is 14.0. The summed E-state index contributed by atoms with van der Waals surface area (Å²) in [7, 11) is 0. The zero-order chi connectivity index (χ0) is 20.9. The number of hydrogen-bond acceptors (Lipinski definition) is 3. The second-order valence-electron chi connectivity index (χ2n) is 7.39. The highest BCUT2D eigenvalue weighted by Crippen LogP contribution is 2.26. The average molecular weight is 422 g/mol. The standard InChI is InChI=1S/C24H24ClN3O2/c25-21-7-3-4-8-22(21)27-13-15-28(16-14-27)23(29)11-12-26-24(30)20-10-9-18-5-1-2-6-19(18)17-20/h1-10,17H,11-16H2,(H,26,30). The number of rotatable bonds is 5. The van der Waals surface area contributed by atoms with Crippen LogP contribution in [0.1, 0.15) is 16.8 Å². The van der Waals surface area contributed by atoms with Gasteiger partial charge in [0.15, 0.2) is 0 Å². The Morgan fingerprint density at radius 2 is 1.57 bits per heavy atom. The largest absolute Gasteiger partial charge is 0.367 e. The molecule has 0 spiro atoms. The van der Waals surface area contributed by atoms with Crippen LogP contribution in [-0.4, -0.2) is 49.4 Å². The molecule has 1 N–H and O–H groups in total. The van der Waals surface area contributed by atoms with Crippen molar-refractivity contribution >= 4 is 39.9 Å². The van der Waals surface area contributed by atoms with E-state index in [0.29, 0.717) is 31.6 Å². The maximum atomic E-state index is 12.5. The molecule has 0 aliphatic carbocycles. The summed E-state index contributed by atoms with van der Waals surface area (Å²) in [5, 5.41) is 5.71. The first-order valence-corrected chi connectivity index (χ1v) is 10.5. The number of fused-ring (bicyclic) bond motifs is 1. The van der Waals surface area contributed by atoms with E-state index in [1.54, 1.807) is 0 Å². The third-order valence-corrected chi connectivity index (χ3v) is 5.78. The molecule has 3 aromatic carbocycles. The van der Waals surface area contributed by atoms with E-state index >= 15 is 0 Å². The first kappa shape index (κ1) is 20.2. The van der Waals surface area contributed by atoms with Gasteiger partial charge in [0.1, 0.15) is 0 Å². The Bertz CT molecular complexity index is 1060. The molecule has 5 nitrogen and oxygen atoms in total. The number of hydrogen-bond donors (Lipinski definition) is 1. The summed E-state index contributed by atoms with van der Waals surface area (Å²) in [4.78, 5) is 29.0. The number of nitrogens with one attached hydrogen (secondary N) is 1. The van der Waals surface area contributed by atoms with E-state index in [1.165, 1.54) is 0 Å². The molecule has 4 rings (SSSR count). The fourth-order valence-electron chi connectivity index (χ4n) is 3.78. The van der Waals surface area contributed by atoms with E-state index in [1.807, 2.05) is 71.6 Å². The van der Waals surface area contributed by atoms with Gasteiger partial charge in [0.05, 0.1) is 10.7 Å². The van der Waals surface area contributed by atoms with Crippen molar-refractivity contribution in [1.82, 2.24) is 10.2 Å². The van der Waals surface area contributed by atoms with Gasteiger partial charge in [-0.15, -0.1) is 0 Å². The lowest BCUT2D eigenvalue weighted by Crippen LogP contribution is -2.49. The van der Waals surface area contributed by atoms with Crippen LogP contribution < -0.4 is 10.2 Å². The third-order valence-electron chi connectivity index (χ3n) is 5.46. The van der Waals surface area contributed by atoms with Crippen molar-refractivity contribution in [2.75, 3.05) is 37.6 Å². The molecule has 0 bridgehead atoms. The van der Waals surface area contributed by atoms with Crippen molar-refractivity contribution < 1.29 is 9.59 Å². The summed E-state index contributed by atoms with van der Waals surface area (Å²) in [6, 6.07) is 21.3. The predicted molar refractivity (Wildman–Crippen MR) is 121 cm³/mol. The number of benzene rings is 3. The van der Waals surface area contributed by atoms with Crippen molar-refractivity contribution in [1.29, 1.82) is 0 Å². The van der Waals surface area contributed by atoms with Gasteiger partial charge in [0.25, 0.3) is 5.91 Å². The molecule has 1 saturated heterocycles. The monoisotopic (exact) mass is 421 g/mol. The molecular formula is C24H24ClN3O2. The van der Waals surface area contributed by atoms with Gasteiger partial charge in [-0.3, -0.25) is 9.59 Å². The van der Waals surface area contributed by atoms with Gasteiger partial charge in [-0.2, -0.15) is 0 Å². The molecule has 0 saturated carbocycles. The fraction of sp³-hybridized carbons (Fsp3) is 0.250. The first-order valence-electron chi connectivity index (χ1n) is 10.2. The van der Waals surface area contributed by atoms with Crippen LogP contribution in [0, 0.1) is 0 Å². The van der Waals surface area contributed by atoms with Crippen LogP contribution in [-0.2, 0) is 4.79 Å². The van der Waals surface area contributed by atoms with Crippen LogP contribution in [0.3, 0.4) is 0 Å². The molecule has 3 aromatic rings. The molecule has 2 amide bonds. The van der Waals surface area contributed by atoms with Crippen molar-refractivity contribution in [2.45, 2.75) is 6.42 Å². The summed E-state index contributed by atoms with van der Waals surface area (Å²) < 4.78 is 0. The Balaban J connectivity index is 1.25. The molecular weight excluding hydrogens is 398 g/mol. The minimum Gasteiger partial charge on any atom is -0.367 e. The molecule has 154 valence electrons. The highest BCUT2D eigenvalue weighted by molar-refractivity contribution is 6.33. The molecule has 0 atom stereocenters. The maximum Gasteiger partial charge on any atom is 0.251 e. The fourth-order valence-corrected chi connectivity index (χ4v) is 4.03. The van der Waals surface area contributed by atoms with Crippen LogP contribution in [0.2, 0.25) is 5.02 Å². The zero-order valence-electron chi connectivity index (χ0n) is 16.7. The first-order chi connectivity index (χ1) is 14.6. The van der Waals surface area contributed by atoms with E-state index in [9.17, 15) is 9.59 Å². The molecule has 0 unspecified atom stereocenters. The summed E-state index contributed by atoms with van der Waals surface area (Å²) in [6.45, 7) is 3.14. The number of halogens is 1. The van der Waals surface area contributed by atoms with Crippen LogP contribution in [0.4, 0.5) is 5.69 Å². The lowest BCUT2D eigenvalue weighted by atomic mass is 10.1. The topological polar surface area (TPSA) is 52.7 Å². The van der Waals surface area contributed by atoms with Crippen molar-refractivity contribution in [2.24, 2.45) is 0 Å². The molecule has 1 aliphatic heterocycles. The second kappa shape index (κ2) is 9.18. The van der Waals surface area contributed by atoms with Crippen molar-refractivity contribution in [3.05, 3.63) is 77.3 Å². The molecule has 1 heterocycles. The Morgan fingerprint density at radius 1 is 0.867 bits per heavy atom. The van der Waals surface area contributed by atoms with Crippen LogP contribution in [0.5, 0.6) is 0 Å². The Kier molecular flexibility index (Phi) is 6.19. The lowest BCUT2D eigenvalue weighted by Gasteiger charge is -2.36. The number of anilines is 1. The zero-order valence-corrected chi connectivity index (χ0v) is 17.4. The molecule has 1 aliphatic rings. The quantitative estimate of drug-likeness (QED) is 0.678. The van der Waals surface area contributed by atoms with E-state index in [0.717, 1.165) is 34.6 Å². The van der Waals surface area contributed by atoms with Gasteiger partial charge in [-0.25, -0.2) is 0 Å². The van der Waals surface area contributed by atoms with E-state index in [2.05, 4.69) is 10.2 Å². The van der Waals surface area contributed by atoms with E-state index < -0.39 is 0 Å². The van der Waals surface area contributed by atoms with Gasteiger partial charge in [0, 0.05) is 44.7 Å². The van der Waals surface area contributed by atoms with Crippen LogP contribution in [0.15, 0.2) is 66.7 Å². The SMILES string of the molecule is O=C(NCCC(=O)N1CCN(c2ccccc2Cl)CC1)c1ccc2ccccc2c1. The van der Waals surface area contributed by atoms with Gasteiger partial charge in [-0.05, 0) is 35.0 Å². The number of para-hydroxylation sites is 1. The Morgan fingerprint density at radius 3 is 2.33 bits per heavy atom. The molecule has 1 fully saturated rings. The van der Waals surface area contributed by atoms with Gasteiger partial charge in [-0.1, -0.05) is 54.1 Å². The van der Waals surface area contributed by atoms with E-state index in [-0.39, 0.29) is 11.8 Å². The van der Waals surface area contributed by atoms with E-state index in [4.69, 9.17) is 11.6 Å². The third kappa shape index (κ3) is 4.57. The van der Waals surface area contributed by atoms with Crippen LogP contribution in [0.25, 0.3) is 10.8 Å². The molecule has 30 heavy (non-hydrogen) atoms. The molecule has 6 heteroatoms. The van der Waals surface area contributed by atoms with Gasteiger partial charge >= 0.3 is 0 Å². The molecule has 0 radical (unpaired) electrons. The number of amides is 2.